The van der Waals surface area contributed by atoms with Crippen LogP contribution >= 0.6 is 0 Å². The van der Waals surface area contributed by atoms with Gasteiger partial charge in [-0.2, -0.15) is 0 Å². The molecule has 3 aliphatic heterocycles. The van der Waals surface area contributed by atoms with E-state index in [0.29, 0.717) is 64.1 Å². The van der Waals surface area contributed by atoms with Gasteiger partial charge < -0.3 is 14.4 Å². The zero-order chi connectivity index (χ0) is 23.1. The Balaban J connectivity index is 1.34. The number of nitrogens with zero attached hydrogens (tertiary/aromatic N) is 2. The molecular formula is C26H29FN2O4. The van der Waals surface area contributed by atoms with Crippen LogP contribution in [-0.4, -0.2) is 55.3 Å². The summed E-state index contributed by atoms with van der Waals surface area (Å²) in [6.45, 7) is 4.27. The smallest absolute Gasteiger partial charge is 0.415 e. The highest BCUT2D eigenvalue weighted by Crippen LogP contribution is 2.41. The maximum atomic E-state index is 14.4. The van der Waals surface area contributed by atoms with Crippen molar-refractivity contribution in [2.24, 2.45) is 5.41 Å². The average molecular weight is 453 g/mol. The molecule has 0 bridgehead atoms. The average Bonchev–Trinajstić information content (AvgIpc) is 3.38. The first-order chi connectivity index (χ1) is 15.9. The zero-order valence-corrected chi connectivity index (χ0v) is 18.9. The van der Waals surface area contributed by atoms with E-state index >= 15 is 0 Å². The Hall–Kier alpha value is -2.93. The normalized spacial score (nSPS) is 24.4. The zero-order valence-electron chi connectivity index (χ0n) is 18.9. The molecule has 0 aliphatic carbocycles. The van der Waals surface area contributed by atoms with Crippen molar-refractivity contribution in [2.75, 3.05) is 37.7 Å². The van der Waals surface area contributed by atoms with E-state index in [4.69, 9.17) is 9.47 Å². The number of hydrogen-bond donors (Lipinski definition) is 0. The molecule has 1 spiro atoms. The standard InChI is InChI=1S/C26H29FN2O4/c1-19-6-8-21(9-7-19)29-18-26(33-24(29)31)10-13-28(17-26)23(30)25(11-14-32-15-12-25)16-20-4-2-3-5-22(20)27/h2-9H,10-18H2,1H3. The van der Waals surface area contributed by atoms with Gasteiger partial charge in [0.25, 0.3) is 0 Å². The van der Waals surface area contributed by atoms with Crippen molar-refractivity contribution in [1.82, 2.24) is 4.90 Å². The van der Waals surface area contributed by atoms with Crippen molar-refractivity contribution >= 4 is 17.7 Å². The van der Waals surface area contributed by atoms with Gasteiger partial charge in [0, 0.05) is 31.9 Å². The lowest BCUT2D eigenvalue weighted by Crippen LogP contribution is -2.49. The van der Waals surface area contributed by atoms with Gasteiger partial charge in [-0.1, -0.05) is 35.9 Å². The fourth-order valence-electron chi connectivity index (χ4n) is 5.35. The number of amides is 2. The van der Waals surface area contributed by atoms with E-state index in [-0.39, 0.29) is 17.8 Å². The molecule has 2 aromatic carbocycles. The molecule has 1 atom stereocenters. The summed E-state index contributed by atoms with van der Waals surface area (Å²) < 4.78 is 25.8. The number of halogens is 1. The third kappa shape index (κ3) is 4.10. The molecule has 0 saturated carbocycles. The molecule has 5 rings (SSSR count). The Labute approximate surface area is 193 Å². The number of ether oxygens (including phenoxy) is 2. The quantitative estimate of drug-likeness (QED) is 0.701. The second-order valence-corrected chi connectivity index (χ2v) is 9.61. The lowest BCUT2D eigenvalue weighted by molar-refractivity contribution is -0.147. The van der Waals surface area contributed by atoms with Crippen LogP contribution in [0, 0.1) is 18.2 Å². The van der Waals surface area contributed by atoms with Crippen molar-refractivity contribution in [3.05, 3.63) is 65.5 Å². The van der Waals surface area contributed by atoms with Gasteiger partial charge in [-0.3, -0.25) is 9.69 Å². The fourth-order valence-corrected chi connectivity index (χ4v) is 5.35. The first-order valence-electron chi connectivity index (χ1n) is 11.6. The lowest BCUT2D eigenvalue weighted by atomic mass is 9.74. The molecular weight excluding hydrogens is 423 g/mol. The van der Waals surface area contributed by atoms with E-state index < -0.39 is 11.0 Å². The summed E-state index contributed by atoms with van der Waals surface area (Å²) >= 11 is 0. The summed E-state index contributed by atoms with van der Waals surface area (Å²) in [5.41, 5.74) is 1.07. The highest BCUT2D eigenvalue weighted by molar-refractivity contribution is 5.91. The van der Waals surface area contributed by atoms with Gasteiger partial charge in [-0.25, -0.2) is 9.18 Å². The summed E-state index contributed by atoms with van der Waals surface area (Å²) in [5, 5.41) is 0. The number of carbonyl (C=O) groups excluding carboxylic acids is 2. The van der Waals surface area contributed by atoms with Crippen LogP contribution in [0.1, 0.15) is 30.4 Å². The van der Waals surface area contributed by atoms with Crippen molar-refractivity contribution in [3.63, 3.8) is 0 Å². The van der Waals surface area contributed by atoms with Crippen molar-refractivity contribution < 1.29 is 23.5 Å². The van der Waals surface area contributed by atoms with Gasteiger partial charge in [-0.15, -0.1) is 0 Å². The SMILES string of the molecule is Cc1ccc(N2CC3(CCN(C(=O)C4(Cc5ccccc5F)CCOCC4)C3)OC2=O)cc1. The van der Waals surface area contributed by atoms with Crippen LogP contribution in [0.3, 0.4) is 0 Å². The molecule has 3 saturated heterocycles. The van der Waals surface area contributed by atoms with Crippen molar-refractivity contribution in [3.8, 4) is 0 Å². The predicted molar refractivity (Wildman–Crippen MR) is 122 cm³/mol. The molecule has 0 N–H and O–H groups in total. The minimum absolute atomic E-state index is 0.00997. The molecule has 6 nitrogen and oxygen atoms in total. The summed E-state index contributed by atoms with van der Waals surface area (Å²) in [7, 11) is 0. The largest absolute Gasteiger partial charge is 0.439 e. The molecule has 2 aromatic rings. The van der Waals surface area contributed by atoms with Gasteiger partial charge in [0.2, 0.25) is 5.91 Å². The highest BCUT2D eigenvalue weighted by atomic mass is 19.1. The molecule has 33 heavy (non-hydrogen) atoms. The topological polar surface area (TPSA) is 59.1 Å². The molecule has 0 aromatic heterocycles. The van der Waals surface area contributed by atoms with Crippen LogP contribution in [0.15, 0.2) is 48.5 Å². The molecule has 174 valence electrons. The fraction of sp³-hybridized carbons (Fsp3) is 0.462. The minimum atomic E-state index is -0.706. The second kappa shape index (κ2) is 8.45. The van der Waals surface area contributed by atoms with Crippen LogP contribution in [0.25, 0.3) is 0 Å². The Morgan fingerprint density at radius 3 is 2.48 bits per heavy atom. The summed E-state index contributed by atoms with van der Waals surface area (Å²) in [4.78, 5) is 30.0. The van der Waals surface area contributed by atoms with E-state index in [1.807, 2.05) is 36.1 Å². The molecule has 3 heterocycles. The number of rotatable bonds is 4. The number of anilines is 1. The number of likely N-dealkylation sites (tertiary alicyclic amines) is 1. The molecule has 3 aliphatic rings. The Morgan fingerprint density at radius 2 is 1.76 bits per heavy atom. The van der Waals surface area contributed by atoms with Crippen LogP contribution in [0.4, 0.5) is 14.9 Å². The Kier molecular flexibility index (Phi) is 5.60. The maximum Gasteiger partial charge on any atom is 0.415 e. The van der Waals surface area contributed by atoms with E-state index in [1.165, 1.54) is 6.07 Å². The molecule has 1 unspecified atom stereocenters. The van der Waals surface area contributed by atoms with Crippen LogP contribution in [0.5, 0.6) is 0 Å². The number of hydrogen-bond acceptors (Lipinski definition) is 4. The monoisotopic (exact) mass is 452 g/mol. The van der Waals surface area contributed by atoms with E-state index in [2.05, 4.69) is 0 Å². The first-order valence-corrected chi connectivity index (χ1v) is 11.6. The predicted octanol–water partition coefficient (Wildman–Crippen LogP) is 4.10. The van der Waals surface area contributed by atoms with Crippen LogP contribution in [0.2, 0.25) is 0 Å². The Morgan fingerprint density at radius 1 is 1.03 bits per heavy atom. The van der Waals surface area contributed by atoms with Gasteiger partial charge >= 0.3 is 6.09 Å². The Bertz CT molecular complexity index is 1050. The maximum absolute atomic E-state index is 14.4. The second-order valence-electron chi connectivity index (χ2n) is 9.61. The van der Waals surface area contributed by atoms with Crippen molar-refractivity contribution in [2.45, 2.75) is 38.2 Å². The number of aryl methyl sites for hydroxylation is 1. The number of carbonyl (C=O) groups is 2. The van der Waals surface area contributed by atoms with Crippen LogP contribution in [-0.2, 0) is 20.7 Å². The molecule has 7 heteroatoms. The minimum Gasteiger partial charge on any atom is -0.439 e. The third-order valence-corrected chi connectivity index (χ3v) is 7.31. The van der Waals surface area contributed by atoms with Gasteiger partial charge in [-0.05, 0) is 49.9 Å². The van der Waals surface area contributed by atoms with Crippen LogP contribution < -0.4 is 4.90 Å². The van der Waals surface area contributed by atoms with E-state index in [1.54, 1.807) is 23.1 Å². The summed E-state index contributed by atoms with van der Waals surface area (Å²) in [6.07, 6.45) is 1.68. The van der Waals surface area contributed by atoms with Gasteiger partial charge in [0.1, 0.15) is 5.82 Å². The highest BCUT2D eigenvalue weighted by Gasteiger charge is 2.53. The van der Waals surface area contributed by atoms with Crippen molar-refractivity contribution in [1.29, 1.82) is 0 Å². The number of benzene rings is 2. The molecule has 2 amide bonds. The lowest BCUT2D eigenvalue weighted by Gasteiger charge is -2.39. The van der Waals surface area contributed by atoms with Gasteiger partial charge in [0.15, 0.2) is 5.60 Å². The van der Waals surface area contributed by atoms with E-state index in [0.717, 1.165) is 11.3 Å². The summed E-state index contributed by atoms with van der Waals surface area (Å²) in [5.74, 6) is -0.275. The summed E-state index contributed by atoms with van der Waals surface area (Å²) in [6, 6.07) is 14.4. The third-order valence-electron chi connectivity index (χ3n) is 7.31. The van der Waals surface area contributed by atoms with Gasteiger partial charge in [0.05, 0.1) is 18.5 Å². The first kappa shape index (κ1) is 21.9. The molecule has 3 fully saturated rings. The van der Waals surface area contributed by atoms with E-state index in [9.17, 15) is 14.0 Å². The molecule has 0 radical (unpaired) electrons.